The van der Waals surface area contributed by atoms with Crippen molar-refractivity contribution in [2.45, 2.75) is 31.8 Å². The minimum absolute atomic E-state index is 0.0810. The summed E-state index contributed by atoms with van der Waals surface area (Å²) < 4.78 is 1.67. The molecule has 1 atom stereocenters. The van der Waals surface area contributed by atoms with Gasteiger partial charge in [-0.25, -0.2) is 0 Å². The van der Waals surface area contributed by atoms with Crippen LogP contribution >= 0.6 is 0 Å². The molecule has 1 fully saturated rings. The second-order valence-corrected chi connectivity index (χ2v) is 6.94. The molecule has 3 rings (SSSR count). The molecular formula is C17H24N6O2. The first-order valence-corrected chi connectivity index (χ1v) is 8.41. The number of carbonyl (C=O) groups is 1. The first-order valence-electron chi connectivity index (χ1n) is 8.41. The lowest BCUT2D eigenvalue weighted by molar-refractivity contribution is -0.134. The van der Waals surface area contributed by atoms with Gasteiger partial charge in [0.15, 0.2) is 0 Å². The summed E-state index contributed by atoms with van der Waals surface area (Å²) in [6.45, 7) is 3.10. The normalized spacial score (nSPS) is 20.6. The number of tetrazole rings is 1. The van der Waals surface area contributed by atoms with E-state index in [1.165, 1.54) is 4.90 Å². The fraction of sp³-hybridized carbons (Fsp3) is 0.529. The zero-order valence-electron chi connectivity index (χ0n) is 14.9. The van der Waals surface area contributed by atoms with E-state index in [2.05, 4.69) is 15.5 Å². The number of hydrogen-bond donors (Lipinski definition) is 1. The van der Waals surface area contributed by atoms with Gasteiger partial charge in [0.25, 0.3) is 0 Å². The second-order valence-electron chi connectivity index (χ2n) is 6.94. The molecule has 25 heavy (non-hydrogen) atoms. The van der Waals surface area contributed by atoms with Gasteiger partial charge >= 0.3 is 0 Å². The molecule has 1 saturated heterocycles. The van der Waals surface area contributed by atoms with E-state index in [1.54, 1.807) is 18.8 Å². The number of piperidine rings is 1. The highest BCUT2D eigenvalue weighted by molar-refractivity contribution is 5.76. The van der Waals surface area contributed by atoms with Crippen LogP contribution in [0.2, 0.25) is 0 Å². The zero-order valence-corrected chi connectivity index (χ0v) is 14.9. The van der Waals surface area contributed by atoms with E-state index >= 15 is 0 Å². The number of hydrogen-bond acceptors (Lipinski definition) is 6. The van der Waals surface area contributed by atoms with Crippen LogP contribution in [0.1, 0.15) is 24.8 Å². The second kappa shape index (κ2) is 6.79. The molecular weight excluding hydrogens is 320 g/mol. The third kappa shape index (κ3) is 3.79. The maximum absolute atomic E-state index is 12.0. The van der Waals surface area contributed by atoms with Gasteiger partial charge in [-0.15, -0.1) is 0 Å². The molecule has 1 aromatic carbocycles. The lowest BCUT2D eigenvalue weighted by atomic mass is 9.89. The van der Waals surface area contributed by atoms with Crippen LogP contribution < -0.4 is 4.90 Å². The number of aliphatic hydroxyl groups is 1. The Bertz CT molecular complexity index is 742. The van der Waals surface area contributed by atoms with Crippen molar-refractivity contribution >= 4 is 11.9 Å². The van der Waals surface area contributed by atoms with E-state index in [0.29, 0.717) is 18.9 Å². The Morgan fingerprint density at radius 1 is 1.32 bits per heavy atom. The molecule has 1 aliphatic heterocycles. The average Bonchev–Trinajstić information content (AvgIpc) is 3.04. The van der Waals surface area contributed by atoms with Crippen molar-refractivity contribution in [3.05, 3.63) is 29.8 Å². The van der Waals surface area contributed by atoms with Gasteiger partial charge in [-0.2, -0.15) is 4.68 Å². The fourth-order valence-electron chi connectivity index (χ4n) is 3.10. The van der Waals surface area contributed by atoms with Crippen molar-refractivity contribution in [2.24, 2.45) is 0 Å². The first-order chi connectivity index (χ1) is 11.9. The smallest absolute Gasteiger partial charge is 0.250 e. The van der Waals surface area contributed by atoms with Crippen molar-refractivity contribution in [1.29, 1.82) is 0 Å². The monoisotopic (exact) mass is 344 g/mol. The predicted octanol–water partition coefficient (Wildman–Crippen LogP) is 0.780. The van der Waals surface area contributed by atoms with Crippen LogP contribution in [0.3, 0.4) is 0 Å². The molecule has 2 aromatic rings. The first kappa shape index (κ1) is 17.3. The SMILES string of the molecule is Cc1ccc(-n2nnnc2N2CCCC(O)(CC(=O)N(C)C)C2)cc1. The molecule has 1 unspecified atom stereocenters. The van der Waals surface area contributed by atoms with Gasteiger partial charge in [-0.05, 0) is 42.3 Å². The third-order valence-corrected chi connectivity index (χ3v) is 4.55. The summed E-state index contributed by atoms with van der Waals surface area (Å²) in [4.78, 5) is 15.5. The lowest BCUT2D eigenvalue weighted by Gasteiger charge is -2.39. The topological polar surface area (TPSA) is 87.4 Å². The molecule has 134 valence electrons. The van der Waals surface area contributed by atoms with Gasteiger partial charge in [-0.1, -0.05) is 22.8 Å². The minimum atomic E-state index is -1.07. The summed E-state index contributed by atoms with van der Waals surface area (Å²) >= 11 is 0. The zero-order chi connectivity index (χ0) is 18.0. The Kier molecular flexibility index (Phi) is 4.71. The third-order valence-electron chi connectivity index (χ3n) is 4.55. The number of anilines is 1. The highest BCUT2D eigenvalue weighted by Crippen LogP contribution is 2.28. The molecule has 2 heterocycles. The summed E-state index contributed by atoms with van der Waals surface area (Å²) in [5.41, 5.74) is 0.959. The molecule has 1 N–H and O–H groups in total. The van der Waals surface area contributed by atoms with Crippen LogP contribution in [0.5, 0.6) is 0 Å². The van der Waals surface area contributed by atoms with Gasteiger partial charge < -0.3 is 14.9 Å². The number of aromatic nitrogens is 4. The van der Waals surface area contributed by atoms with E-state index in [4.69, 9.17) is 0 Å². The van der Waals surface area contributed by atoms with Crippen molar-refractivity contribution in [3.63, 3.8) is 0 Å². The Hall–Kier alpha value is -2.48. The summed E-state index contributed by atoms with van der Waals surface area (Å²) in [6, 6.07) is 7.92. The van der Waals surface area contributed by atoms with Crippen LogP contribution in [-0.4, -0.2) is 68.9 Å². The van der Waals surface area contributed by atoms with Crippen LogP contribution in [0.15, 0.2) is 24.3 Å². The molecule has 1 amide bonds. The molecule has 1 aliphatic rings. The van der Waals surface area contributed by atoms with Crippen LogP contribution in [-0.2, 0) is 4.79 Å². The summed E-state index contributed by atoms with van der Waals surface area (Å²) in [5, 5.41) is 22.9. The maximum Gasteiger partial charge on any atom is 0.250 e. The van der Waals surface area contributed by atoms with Crippen LogP contribution in [0, 0.1) is 6.92 Å². The number of β-amino-alcohol motifs (C(OH)–C–C–N with tert-alkyl or cyclic N) is 1. The van der Waals surface area contributed by atoms with Gasteiger partial charge in [-0.3, -0.25) is 4.79 Å². The standard InChI is InChI=1S/C17H24N6O2/c1-13-5-7-14(8-6-13)23-16(18-19-20-23)22-10-4-9-17(25,12-22)11-15(24)21(2)3/h5-8,25H,4,9-12H2,1-3H3. The van der Waals surface area contributed by atoms with Gasteiger partial charge in [0.2, 0.25) is 11.9 Å². The van der Waals surface area contributed by atoms with Crippen LogP contribution in [0.25, 0.3) is 5.69 Å². The number of nitrogens with zero attached hydrogens (tertiary/aromatic N) is 6. The van der Waals surface area contributed by atoms with E-state index in [9.17, 15) is 9.90 Å². The number of benzene rings is 1. The Balaban J connectivity index is 1.82. The van der Waals surface area contributed by atoms with Gasteiger partial charge in [0.05, 0.1) is 24.3 Å². The van der Waals surface area contributed by atoms with Gasteiger partial charge in [0.1, 0.15) is 0 Å². The summed E-state index contributed by atoms with van der Waals surface area (Å²) in [5.74, 6) is 0.502. The van der Waals surface area contributed by atoms with Crippen molar-refractivity contribution in [1.82, 2.24) is 25.1 Å². The van der Waals surface area contributed by atoms with Crippen molar-refractivity contribution in [3.8, 4) is 5.69 Å². The Labute approximate surface area is 147 Å². The van der Waals surface area contributed by atoms with Gasteiger partial charge in [0, 0.05) is 20.6 Å². The molecule has 8 heteroatoms. The quantitative estimate of drug-likeness (QED) is 0.882. The largest absolute Gasteiger partial charge is 0.388 e. The van der Waals surface area contributed by atoms with Crippen LogP contribution in [0.4, 0.5) is 5.95 Å². The van der Waals surface area contributed by atoms with Crippen molar-refractivity contribution in [2.75, 3.05) is 32.1 Å². The number of carbonyl (C=O) groups excluding carboxylic acids is 1. The highest BCUT2D eigenvalue weighted by Gasteiger charge is 2.37. The molecule has 0 saturated carbocycles. The molecule has 1 aromatic heterocycles. The summed E-state index contributed by atoms with van der Waals surface area (Å²) in [7, 11) is 3.40. The number of amides is 1. The Morgan fingerprint density at radius 3 is 2.72 bits per heavy atom. The fourth-order valence-corrected chi connectivity index (χ4v) is 3.10. The van der Waals surface area contributed by atoms with E-state index < -0.39 is 5.60 Å². The molecule has 0 bridgehead atoms. The molecule has 0 radical (unpaired) electrons. The highest BCUT2D eigenvalue weighted by atomic mass is 16.3. The Morgan fingerprint density at radius 2 is 2.04 bits per heavy atom. The number of aryl methyl sites for hydroxylation is 1. The number of rotatable bonds is 4. The van der Waals surface area contributed by atoms with E-state index in [-0.39, 0.29) is 12.3 Å². The average molecular weight is 344 g/mol. The predicted molar refractivity (Wildman–Crippen MR) is 93.6 cm³/mol. The molecule has 0 spiro atoms. The molecule has 8 nitrogen and oxygen atoms in total. The maximum atomic E-state index is 12.0. The van der Waals surface area contributed by atoms with E-state index in [0.717, 1.165) is 24.2 Å². The van der Waals surface area contributed by atoms with E-state index in [1.807, 2.05) is 36.1 Å². The minimum Gasteiger partial charge on any atom is -0.388 e. The molecule has 0 aliphatic carbocycles. The lowest BCUT2D eigenvalue weighted by Crippen LogP contribution is -2.51. The summed E-state index contributed by atoms with van der Waals surface area (Å²) in [6.07, 6.45) is 1.47. The van der Waals surface area contributed by atoms with Crippen molar-refractivity contribution < 1.29 is 9.90 Å².